The molecule has 0 radical (unpaired) electrons. The summed E-state index contributed by atoms with van der Waals surface area (Å²) in [7, 11) is -3.78. The van der Waals surface area contributed by atoms with E-state index in [0.717, 1.165) is 0 Å². The summed E-state index contributed by atoms with van der Waals surface area (Å²) in [4.78, 5) is 7.97. The molecule has 0 aliphatic heterocycles. The number of benzene rings is 1. The molecule has 0 atom stereocenters. The number of anilines is 1. The van der Waals surface area contributed by atoms with Crippen LogP contribution < -0.4 is 4.72 Å². The van der Waals surface area contributed by atoms with Crippen molar-refractivity contribution in [3.8, 4) is 5.13 Å². The summed E-state index contributed by atoms with van der Waals surface area (Å²) in [5, 5.41) is 2.75. The molecule has 1 N–H and O–H groups in total. The first-order chi connectivity index (χ1) is 10.1. The van der Waals surface area contributed by atoms with Gasteiger partial charge < -0.3 is 0 Å². The minimum atomic E-state index is -3.78. The molecule has 9 heteroatoms. The lowest BCUT2D eigenvalue weighted by molar-refractivity contribution is 0.595. The van der Waals surface area contributed by atoms with Crippen LogP contribution in [0, 0.1) is 0 Å². The van der Waals surface area contributed by atoms with Crippen molar-refractivity contribution in [1.82, 2.24) is 14.5 Å². The summed E-state index contributed by atoms with van der Waals surface area (Å²) in [6, 6.07) is 6.48. The summed E-state index contributed by atoms with van der Waals surface area (Å²) < 4.78 is 28.8. The fraction of sp³-hybridized carbons (Fsp3) is 0. The van der Waals surface area contributed by atoms with Crippen LogP contribution in [0.5, 0.6) is 0 Å². The Morgan fingerprint density at radius 1 is 1.33 bits per heavy atom. The smallest absolute Gasteiger partial charge is 0.278 e. The maximum Gasteiger partial charge on any atom is 0.279 e. The highest BCUT2D eigenvalue weighted by molar-refractivity contribution is 7.92. The third-order valence-electron chi connectivity index (χ3n) is 2.58. The molecule has 0 spiro atoms. The maximum atomic E-state index is 12.5. The van der Waals surface area contributed by atoms with Crippen LogP contribution in [-0.4, -0.2) is 23.0 Å². The molecule has 3 aromatic rings. The summed E-state index contributed by atoms with van der Waals surface area (Å²) in [5.41, 5.74) is 0.384. The zero-order valence-electron chi connectivity index (χ0n) is 10.5. The van der Waals surface area contributed by atoms with Gasteiger partial charge in [-0.2, -0.15) is 8.42 Å². The number of hydrogen-bond acceptors (Lipinski definition) is 5. The van der Waals surface area contributed by atoms with Crippen LogP contribution in [0.4, 0.5) is 5.69 Å². The quantitative estimate of drug-likeness (QED) is 0.792. The lowest BCUT2D eigenvalue weighted by Gasteiger charge is -2.09. The minimum Gasteiger partial charge on any atom is -0.278 e. The molecule has 108 valence electrons. The van der Waals surface area contributed by atoms with Crippen molar-refractivity contribution in [1.29, 1.82) is 0 Å². The van der Waals surface area contributed by atoms with E-state index in [1.807, 2.05) is 0 Å². The average Bonchev–Trinajstić information content (AvgIpc) is 3.09. The zero-order chi connectivity index (χ0) is 14.9. The molecule has 0 fully saturated rings. The van der Waals surface area contributed by atoms with Gasteiger partial charge in [0.25, 0.3) is 10.0 Å². The molecule has 1 aromatic carbocycles. The fourth-order valence-electron chi connectivity index (χ4n) is 1.72. The fourth-order valence-corrected chi connectivity index (χ4v) is 3.73. The molecule has 21 heavy (non-hydrogen) atoms. The standard InChI is InChI=1S/C12H9ClN4O2S2/c13-9-2-1-3-10(6-9)16-21(18,19)11-7-14-8-17(11)12-15-4-5-20-12/h1-8,16H. The van der Waals surface area contributed by atoms with E-state index in [-0.39, 0.29) is 5.03 Å². The number of rotatable bonds is 4. The summed E-state index contributed by atoms with van der Waals surface area (Å²) in [6.45, 7) is 0. The predicted octanol–water partition coefficient (Wildman–Crippen LogP) is 2.78. The molecule has 0 unspecified atom stereocenters. The van der Waals surface area contributed by atoms with Gasteiger partial charge in [-0.3, -0.25) is 9.29 Å². The molecule has 2 aromatic heterocycles. The van der Waals surface area contributed by atoms with E-state index in [0.29, 0.717) is 15.8 Å². The summed E-state index contributed by atoms with van der Waals surface area (Å²) in [6.07, 6.45) is 4.28. The number of hydrogen-bond donors (Lipinski definition) is 1. The Balaban J connectivity index is 1.98. The van der Waals surface area contributed by atoms with Crippen molar-refractivity contribution in [2.75, 3.05) is 4.72 Å². The summed E-state index contributed by atoms with van der Waals surface area (Å²) >= 11 is 7.17. The number of halogens is 1. The van der Waals surface area contributed by atoms with Crippen LogP contribution in [0.15, 0.2) is 53.4 Å². The first-order valence-corrected chi connectivity index (χ1v) is 8.51. The molecule has 0 amide bonds. The van der Waals surface area contributed by atoms with Crippen LogP contribution >= 0.6 is 22.9 Å². The molecule has 0 saturated carbocycles. The van der Waals surface area contributed by atoms with Crippen molar-refractivity contribution < 1.29 is 8.42 Å². The molecule has 0 aliphatic carbocycles. The number of sulfonamides is 1. The van der Waals surface area contributed by atoms with Gasteiger partial charge in [0, 0.05) is 16.6 Å². The van der Waals surface area contributed by atoms with E-state index in [1.54, 1.807) is 29.8 Å². The van der Waals surface area contributed by atoms with Crippen LogP contribution in [0.3, 0.4) is 0 Å². The minimum absolute atomic E-state index is 0.0115. The SMILES string of the molecule is O=S(=O)(Nc1cccc(Cl)c1)c1cncn1-c1nccs1. The van der Waals surface area contributed by atoms with E-state index in [2.05, 4.69) is 14.7 Å². The maximum absolute atomic E-state index is 12.5. The number of aromatic nitrogens is 3. The molecular formula is C12H9ClN4O2S2. The third kappa shape index (κ3) is 2.92. The summed E-state index contributed by atoms with van der Waals surface area (Å²) in [5.74, 6) is 0. The second kappa shape index (κ2) is 5.47. The lowest BCUT2D eigenvalue weighted by Crippen LogP contribution is -2.16. The van der Waals surface area contributed by atoms with E-state index in [1.165, 1.54) is 34.5 Å². The van der Waals surface area contributed by atoms with Gasteiger partial charge in [0.2, 0.25) is 0 Å². The van der Waals surface area contributed by atoms with E-state index >= 15 is 0 Å². The Kier molecular flexibility index (Phi) is 3.66. The van der Waals surface area contributed by atoms with Crippen LogP contribution in [0.1, 0.15) is 0 Å². The number of nitrogens with one attached hydrogen (secondary N) is 1. The van der Waals surface area contributed by atoms with Crippen LogP contribution in [0.2, 0.25) is 5.02 Å². The van der Waals surface area contributed by atoms with E-state index in [9.17, 15) is 8.42 Å². The van der Waals surface area contributed by atoms with Crippen molar-refractivity contribution in [3.63, 3.8) is 0 Å². The Bertz CT molecular complexity index is 859. The number of nitrogens with zero attached hydrogens (tertiary/aromatic N) is 3. The second-order valence-electron chi connectivity index (χ2n) is 4.03. The molecule has 0 saturated heterocycles. The molecule has 2 heterocycles. The highest BCUT2D eigenvalue weighted by Crippen LogP contribution is 2.22. The van der Waals surface area contributed by atoms with E-state index in [4.69, 9.17) is 11.6 Å². The van der Waals surface area contributed by atoms with E-state index < -0.39 is 10.0 Å². The van der Waals surface area contributed by atoms with Gasteiger partial charge in [-0.05, 0) is 18.2 Å². The van der Waals surface area contributed by atoms with Gasteiger partial charge in [-0.25, -0.2) is 9.97 Å². The van der Waals surface area contributed by atoms with Gasteiger partial charge in [-0.1, -0.05) is 17.7 Å². The first kappa shape index (κ1) is 14.1. The predicted molar refractivity (Wildman–Crippen MR) is 81.5 cm³/mol. The Morgan fingerprint density at radius 3 is 2.90 bits per heavy atom. The monoisotopic (exact) mass is 340 g/mol. The molecule has 0 bridgehead atoms. The van der Waals surface area contributed by atoms with Crippen LogP contribution in [-0.2, 0) is 10.0 Å². The molecule has 0 aliphatic rings. The number of imidazole rings is 1. The highest BCUT2D eigenvalue weighted by atomic mass is 35.5. The van der Waals surface area contributed by atoms with Gasteiger partial charge in [0.15, 0.2) is 10.2 Å². The lowest BCUT2D eigenvalue weighted by atomic mass is 10.3. The van der Waals surface area contributed by atoms with Gasteiger partial charge >= 0.3 is 0 Å². The molecule has 6 nitrogen and oxygen atoms in total. The molecule has 3 rings (SSSR count). The zero-order valence-corrected chi connectivity index (χ0v) is 12.9. The largest absolute Gasteiger partial charge is 0.279 e. The first-order valence-electron chi connectivity index (χ1n) is 5.77. The third-order valence-corrected chi connectivity index (χ3v) is 4.95. The highest BCUT2D eigenvalue weighted by Gasteiger charge is 2.21. The van der Waals surface area contributed by atoms with Crippen LogP contribution in [0.25, 0.3) is 5.13 Å². The Labute approximate surface area is 130 Å². The normalized spacial score (nSPS) is 11.5. The van der Waals surface area contributed by atoms with Crippen molar-refractivity contribution in [2.45, 2.75) is 5.03 Å². The van der Waals surface area contributed by atoms with Crippen molar-refractivity contribution in [2.24, 2.45) is 0 Å². The van der Waals surface area contributed by atoms with Gasteiger partial charge in [-0.15, -0.1) is 11.3 Å². The number of thiazole rings is 1. The Hall–Kier alpha value is -1.90. The van der Waals surface area contributed by atoms with Crippen molar-refractivity contribution >= 4 is 38.6 Å². The second-order valence-corrected chi connectivity index (χ2v) is 6.97. The Morgan fingerprint density at radius 2 is 2.19 bits per heavy atom. The van der Waals surface area contributed by atoms with Crippen molar-refractivity contribution in [3.05, 3.63) is 53.4 Å². The van der Waals surface area contributed by atoms with Gasteiger partial charge in [0.05, 0.1) is 11.9 Å². The molecular weight excluding hydrogens is 332 g/mol. The van der Waals surface area contributed by atoms with Gasteiger partial charge in [0.1, 0.15) is 6.33 Å². The topological polar surface area (TPSA) is 76.9 Å². The average molecular weight is 341 g/mol.